The Bertz CT molecular complexity index is 1010. The number of aromatic nitrogens is 4. The van der Waals surface area contributed by atoms with Gasteiger partial charge in [-0.25, -0.2) is 9.97 Å². The third kappa shape index (κ3) is 2.26. The first-order valence-electron chi connectivity index (χ1n) is 7.28. The lowest BCUT2D eigenvalue weighted by Gasteiger charge is -2.17. The van der Waals surface area contributed by atoms with Crippen molar-refractivity contribution in [2.75, 3.05) is 0 Å². The van der Waals surface area contributed by atoms with Gasteiger partial charge >= 0.3 is 0 Å². The third-order valence-corrected chi connectivity index (χ3v) is 4.53. The lowest BCUT2D eigenvalue weighted by molar-refractivity contribution is 0.0786. The summed E-state index contributed by atoms with van der Waals surface area (Å²) in [4.78, 5) is 12.2. The van der Waals surface area contributed by atoms with E-state index < -0.39 is 5.60 Å². The predicted molar refractivity (Wildman–Crippen MR) is 93.2 cm³/mol. The van der Waals surface area contributed by atoms with Crippen LogP contribution in [0.5, 0.6) is 0 Å². The van der Waals surface area contributed by atoms with Gasteiger partial charge in [0.15, 0.2) is 10.4 Å². The van der Waals surface area contributed by atoms with Crippen LogP contribution in [0.4, 0.5) is 0 Å². The molecule has 3 aromatic heterocycles. The lowest BCUT2D eigenvalue weighted by atomic mass is 9.97. The van der Waals surface area contributed by atoms with E-state index in [0.29, 0.717) is 0 Å². The topological polar surface area (TPSA) is 66.2 Å². The molecule has 0 bridgehead atoms. The van der Waals surface area contributed by atoms with Gasteiger partial charge in [-0.1, -0.05) is 24.3 Å². The molecule has 0 amide bonds. The molecule has 2 N–H and O–H groups in total. The number of aliphatic hydroxyl groups is 1. The van der Waals surface area contributed by atoms with E-state index in [2.05, 4.69) is 30.9 Å². The van der Waals surface area contributed by atoms with E-state index in [1.165, 1.54) is 0 Å². The number of hydrogen-bond donors (Lipinski definition) is 2. The van der Waals surface area contributed by atoms with Crippen molar-refractivity contribution in [1.29, 1.82) is 0 Å². The molecule has 4 rings (SSSR count). The number of fused-ring (bicyclic) bond motifs is 3. The Balaban J connectivity index is 1.92. The van der Waals surface area contributed by atoms with Gasteiger partial charge in [0.2, 0.25) is 0 Å². The summed E-state index contributed by atoms with van der Waals surface area (Å²) in [6.45, 7) is 3.55. The van der Waals surface area contributed by atoms with Crippen LogP contribution < -0.4 is 0 Å². The van der Waals surface area contributed by atoms with Crippen molar-refractivity contribution in [3.05, 3.63) is 53.0 Å². The molecule has 0 aliphatic rings. The summed E-state index contributed by atoms with van der Waals surface area (Å²) >= 11 is 3.54. The van der Waals surface area contributed by atoms with Crippen molar-refractivity contribution < 1.29 is 5.11 Å². The summed E-state index contributed by atoms with van der Waals surface area (Å²) < 4.78 is 2.76. The summed E-state index contributed by atoms with van der Waals surface area (Å²) in [6, 6.07) is 9.78. The minimum atomic E-state index is -0.853. The fourth-order valence-corrected chi connectivity index (χ4v) is 3.32. The minimum absolute atomic E-state index is 0.737. The first-order valence-corrected chi connectivity index (χ1v) is 8.08. The number of halogens is 1. The molecular formula is C17H15BrN4O. The van der Waals surface area contributed by atoms with Crippen molar-refractivity contribution in [1.82, 2.24) is 19.4 Å². The van der Waals surface area contributed by atoms with Crippen LogP contribution in [-0.2, 0) is 5.60 Å². The highest BCUT2D eigenvalue weighted by atomic mass is 79.9. The van der Waals surface area contributed by atoms with Crippen LogP contribution in [0.3, 0.4) is 0 Å². The second-order valence-corrected chi connectivity index (χ2v) is 6.77. The Morgan fingerprint density at radius 3 is 2.57 bits per heavy atom. The lowest BCUT2D eigenvalue weighted by Crippen LogP contribution is -2.14. The van der Waals surface area contributed by atoms with Crippen LogP contribution in [-0.4, -0.2) is 24.5 Å². The van der Waals surface area contributed by atoms with E-state index in [1.54, 1.807) is 13.8 Å². The van der Waals surface area contributed by atoms with Gasteiger partial charge in [-0.15, -0.1) is 0 Å². The second kappa shape index (κ2) is 4.91. The molecular weight excluding hydrogens is 356 g/mol. The molecule has 0 fully saturated rings. The largest absolute Gasteiger partial charge is 0.386 e. The van der Waals surface area contributed by atoms with Crippen LogP contribution in [0.15, 0.2) is 47.5 Å². The van der Waals surface area contributed by atoms with Gasteiger partial charge < -0.3 is 10.1 Å². The number of imidazole rings is 1. The molecule has 0 saturated carbocycles. The number of nitrogens with zero attached hydrogens (tertiary/aromatic N) is 3. The molecule has 0 spiro atoms. The van der Waals surface area contributed by atoms with E-state index in [0.717, 1.165) is 38.2 Å². The van der Waals surface area contributed by atoms with Crippen LogP contribution >= 0.6 is 15.9 Å². The van der Waals surface area contributed by atoms with Crippen molar-refractivity contribution >= 4 is 32.6 Å². The van der Waals surface area contributed by atoms with Gasteiger partial charge in [-0.3, -0.25) is 4.40 Å². The monoisotopic (exact) mass is 370 g/mol. The standard InChI is InChI=1S/C17H15BrN4O/c1-17(2,23)11-5-3-10(4-6-11)14-13-9-20-15-12(7-8-19-15)22(13)16(18)21-14/h3-9,19,23H,1-2H3. The summed E-state index contributed by atoms with van der Waals surface area (Å²) in [6.07, 6.45) is 3.68. The van der Waals surface area contributed by atoms with Crippen LogP contribution in [0, 0.1) is 0 Å². The molecule has 0 atom stereocenters. The average Bonchev–Trinajstić information content (AvgIpc) is 3.10. The quantitative estimate of drug-likeness (QED) is 0.562. The van der Waals surface area contributed by atoms with Crippen molar-refractivity contribution in [3.63, 3.8) is 0 Å². The van der Waals surface area contributed by atoms with Crippen LogP contribution in [0.25, 0.3) is 27.9 Å². The zero-order chi connectivity index (χ0) is 16.2. The average molecular weight is 371 g/mol. The van der Waals surface area contributed by atoms with E-state index >= 15 is 0 Å². The molecule has 0 unspecified atom stereocenters. The van der Waals surface area contributed by atoms with E-state index in [4.69, 9.17) is 0 Å². The number of aromatic amines is 1. The normalized spacial score (nSPS) is 12.3. The molecule has 0 aliphatic carbocycles. The van der Waals surface area contributed by atoms with E-state index in [9.17, 15) is 5.11 Å². The maximum atomic E-state index is 10.1. The van der Waals surface area contributed by atoms with Gasteiger partial charge in [-0.2, -0.15) is 0 Å². The van der Waals surface area contributed by atoms with Crippen LogP contribution in [0.1, 0.15) is 19.4 Å². The first-order chi connectivity index (χ1) is 10.9. The Hall–Kier alpha value is -2.18. The Morgan fingerprint density at radius 1 is 1.13 bits per heavy atom. The van der Waals surface area contributed by atoms with E-state index in [1.807, 2.05) is 47.1 Å². The molecule has 3 heterocycles. The zero-order valence-electron chi connectivity index (χ0n) is 12.7. The second-order valence-electron chi connectivity index (χ2n) is 6.06. The zero-order valence-corrected chi connectivity index (χ0v) is 14.3. The first kappa shape index (κ1) is 14.4. The molecule has 116 valence electrons. The maximum absolute atomic E-state index is 10.1. The van der Waals surface area contributed by atoms with Crippen molar-refractivity contribution in [2.24, 2.45) is 0 Å². The Morgan fingerprint density at radius 2 is 1.87 bits per heavy atom. The highest BCUT2D eigenvalue weighted by molar-refractivity contribution is 9.10. The number of hydrogen-bond acceptors (Lipinski definition) is 3. The number of rotatable bonds is 2. The van der Waals surface area contributed by atoms with Crippen LogP contribution in [0.2, 0.25) is 0 Å². The highest BCUT2D eigenvalue weighted by Gasteiger charge is 2.18. The predicted octanol–water partition coefficient (Wildman–Crippen LogP) is 3.87. The number of nitrogens with one attached hydrogen (secondary N) is 1. The van der Waals surface area contributed by atoms with Gasteiger partial charge in [0.05, 0.1) is 28.5 Å². The Kier molecular flexibility index (Phi) is 3.08. The summed E-state index contributed by atoms with van der Waals surface area (Å²) in [7, 11) is 0. The van der Waals surface area contributed by atoms with Crippen molar-refractivity contribution in [2.45, 2.75) is 19.4 Å². The molecule has 0 saturated heterocycles. The van der Waals surface area contributed by atoms with Gasteiger partial charge in [0.1, 0.15) is 0 Å². The fraction of sp³-hybridized carbons (Fsp3) is 0.176. The van der Waals surface area contributed by atoms with E-state index in [-0.39, 0.29) is 0 Å². The maximum Gasteiger partial charge on any atom is 0.183 e. The highest BCUT2D eigenvalue weighted by Crippen LogP contribution is 2.30. The summed E-state index contributed by atoms with van der Waals surface area (Å²) in [5.41, 5.74) is 4.58. The molecule has 5 nitrogen and oxygen atoms in total. The molecule has 1 aromatic carbocycles. The Labute approximate surface area is 141 Å². The molecule has 6 heteroatoms. The van der Waals surface area contributed by atoms with Gasteiger partial charge in [0, 0.05) is 11.8 Å². The molecule has 0 radical (unpaired) electrons. The SMILES string of the molecule is CC(C)(O)c1ccc(-c2nc(Br)n3c2cnc2[nH]ccc23)cc1. The fourth-order valence-electron chi connectivity index (χ4n) is 2.76. The minimum Gasteiger partial charge on any atom is -0.386 e. The third-order valence-electron chi connectivity index (χ3n) is 4.00. The van der Waals surface area contributed by atoms with Crippen molar-refractivity contribution in [3.8, 4) is 11.3 Å². The van der Waals surface area contributed by atoms with Gasteiger partial charge in [0.25, 0.3) is 0 Å². The summed E-state index contributed by atoms with van der Waals surface area (Å²) in [5, 5.41) is 10.1. The molecule has 23 heavy (non-hydrogen) atoms. The number of benzene rings is 1. The molecule has 4 aromatic rings. The molecule has 0 aliphatic heterocycles. The smallest absolute Gasteiger partial charge is 0.183 e. The summed E-state index contributed by atoms with van der Waals surface area (Å²) in [5.74, 6) is 0. The number of H-pyrrole nitrogens is 1. The van der Waals surface area contributed by atoms with Gasteiger partial charge in [-0.05, 0) is 41.4 Å².